The summed E-state index contributed by atoms with van der Waals surface area (Å²) in [6.45, 7) is 0. The Labute approximate surface area is 134 Å². The van der Waals surface area contributed by atoms with E-state index < -0.39 is 16.4 Å². The van der Waals surface area contributed by atoms with Gasteiger partial charge in [0, 0.05) is 19.2 Å². The highest BCUT2D eigenvalue weighted by molar-refractivity contribution is 5.88. The SMILES string of the molecule is CN(C(=O)Cc1cccc([N+](=O)[O-])c1)C1(C(=O)O)CCCCC1. The van der Waals surface area contributed by atoms with E-state index in [-0.39, 0.29) is 18.0 Å². The van der Waals surface area contributed by atoms with Crippen molar-refractivity contribution in [2.45, 2.75) is 44.1 Å². The largest absolute Gasteiger partial charge is 0.479 e. The molecule has 1 aliphatic rings. The third kappa shape index (κ3) is 3.49. The average molecular weight is 320 g/mol. The second-order valence-corrected chi connectivity index (χ2v) is 5.95. The first kappa shape index (κ1) is 16.9. The molecule has 0 heterocycles. The monoisotopic (exact) mass is 320 g/mol. The highest BCUT2D eigenvalue weighted by Gasteiger charge is 2.45. The van der Waals surface area contributed by atoms with Crippen LogP contribution in [-0.2, 0) is 16.0 Å². The van der Waals surface area contributed by atoms with E-state index in [0.717, 1.165) is 19.3 Å². The summed E-state index contributed by atoms with van der Waals surface area (Å²) in [6, 6.07) is 5.86. The van der Waals surface area contributed by atoms with Crippen molar-refractivity contribution < 1.29 is 19.6 Å². The van der Waals surface area contributed by atoms with Crippen LogP contribution in [0.3, 0.4) is 0 Å². The van der Waals surface area contributed by atoms with E-state index in [0.29, 0.717) is 18.4 Å². The van der Waals surface area contributed by atoms with Gasteiger partial charge in [-0.3, -0.25) is 14.9 Å². The number of rotatable bonds is 5. The summed E-state index contributed by atoms with van der Waals surface area (Å²) in [5.74, 6) is -1.32. The first-order valence-electron chi connectivity index (χ1n) is 7.60. The second-order valence-electron chi connectivity index (χ2n) is 5.95. The molecule has 1 fully saturated rings. The molecule has 124 valence electrons. The van der Waals surface area contributed by atoms with Gasteiger partial charge in [0.1, 0.15) is 5.54 Å². The van der Waals surface area contributed by atoms with E-state index in [1.807, 2.05) is 0 Å². The molecular formula is C16H20N2O5. The first-order valence-corrected chi connectivity index (χ1v) is 7.60. The lowest BCUT2D eigenvalue weighted by Gasteiger charge is -2.41. The highest BCUT2D eigenvalue weighted by Crippen LogP contribution is 2.33. The number of hydrogen-bond donors (Lipinski definition) is 1. The number of benzene rings is 1. The number of carboxylic acid groups (broad SMARTS) is 1. The minimum Gasteiger partial charge on any atom is -0.479 e. The van der Waals surface area contributed by atoms with E-state index in [4.69, 9.17) is 0 Å². The fourth-order valence-electron chi connectivity index (χ4n) is 3.14. The van der Waals surface area contributed by atoms with Gasteiger partial charge in [-0.1, -0.05) is 31.4 Å². The number of aliphatic carboxylic acids is 1. The van der Waals surface area contributed by atoms with Gasteiger partial charge in [0.25, 0.3) is 5.69 Å². The van der Waals surface area contributed by atoms with Gasteiger partial charge in [-0.15, -0.1) is 0 Å². The van der Waals surface area contributed by atoms with Crippen molar-refractivity contribution in [2.24, 2.45) is 0 Å². The van der Waals surface area contributed by atoms with Crippen LogP contribution in [0, 0.1) is 10.1 Å². The summed E-state index contributed by atoms with van der Waals surface area (Å²) in [5.41, 5.74) is -0.730. The van der Waals surface area contributed by atoms with E-state index in [2.05, 4.69) is 0 Å². The predicted molar refractivity (Wildman–Crippen MR) is 83.0 cm³/mol. The number of nitro groups is 1. The molecule has 1 amide bonds. The van der Waals surface area contributed by atoms with Crippen LogP contribution in [0.4, 0.5) is 5.69 Å². The van der Waals surface area contributed by atoms with Crippen LogP contribution in [0.25, 0.3) is 0 Å². The molecule has 7 heteroatoms. The van der Waals surface area contributed by atoms with Gasteiger partial charge in [-0.05, 0) is 18.4 Å². The zero-order valence-corrected chi connectivity index (χ0v) is 13.0. The number of carbonyl (C=O) groups is 2. The molecule has 7 nitrogen and oxygen atoms in total. The number of amides is 1. The Bertz CT molecular complexity index is 623. The van der Waals surface area contributed by atoms with Gasteiger partial charge in [0.15, 0.2) is 0 Å². The molecule has 0 unspecified atom stereocenters. The summed E-state index contributed by atoms with van der Waals surface area (Å²) < 4.78 is 0. The van der Waals surface area contributed by atoms with Crippen molar-refractivity contribution in [2.75, 3.05) is 7.05 Å². The van der Waals surface area contributed by atoms with E-state index in [1.54, 1.807) is 6.07 Å². The molecule has 1 aromatic carbocycles. The predicted octanol–water partition coefficient (Wildman–Crippen LogP) is 2.38. The molecule has 2 rings (SSSR count). The normalized spacial score (nSPS) is 16.6. The van der Waals surface area contributed by atoms with Gasteiger partial charge < -0.3 is 10.0 Å². The maximum absolute atomic E-state index is 12.5. The van der Waals surface area contributed by atoms with Crippen molar-refractivity contribution in [1.82, 2.24) is 4.90 Å². The summed E-state index contributed by atoms with van der Waals surface area (Å²) in [4.78, 5) is 35.8. The van der Waals surface area contributed by atoms with Gasteiger partial charge in [0.05, 0.1) is 11.3 Å². The van der Waals surface area contributed by atoms with Gasteiger partial charge in [0.2, 0.25) is 5.91 Å². The third-order valence-electron chi connectivity index (χ3n) is 4.57. The Balaban J connectivity index is 2.17. The fraction of sp³-hybridized carbons (Fsp3) is 0.500. The summed E-state index contributed by atoms with van der Waals surface area (Å²) in [7, 11) is 1.51. The van der Waals surface area contributed by atoms with Crippen LogP contribution in [0.2, 0.25) is 0 Å². The Morgan fingerprint density at radius 2 is 1.96 bits per heavy atom. The molecule has 0 bridgehead atoms. The lowest BCUT2D eigenvalue weighted by atomic mass is 9.80. The van der Waals surface area contributed by atoms with Crippen LogP contribution in [0.5, 0.6) is 0 Å². The molecule has 0 saturated heterocycles. The molecule has 23 heavy (non-hydrogen) atoms. The lowest BCUT2D eigenvalue weighted by molar-refractivity contribution is -0.384. The van der Waals surface area contributed by atoms with Crippen LogP contribution < -0.4 is 0 Å². The number of non-ortho nitro benzene ring substituents is 1. The minimum absolute atomic E-state index is 0.0484. The summed E-state index contributed by atoms with van der Waals surface area (Å²) in [5, 5.41) is 20.4. The van der Waals surface area contributed by atoms with Crippen LogP contribution in [0.1, 0.15) is 37.7 Å². The number of hydrogen-bond acceptors (Lipinski definition) is 4. The number of nitro benzene ring substituents is 1. The first-order chi connectivity index (χ1) is 10.9. The lowest BCUT2D eigenvalue weighted by Crippen LogP contribution is -2.56. The molecule has 0 aromatic heterocycles. The van der Waals surface area contributed by atoms with Crippen molar-refractivity contribution >= 4 is 17.6 Å². The number of likely N-dealkylation sites (N-methyl/N-ethyl adjacent to an activating group) is 1. The topological polar surface area (TPSA) is 101 Å². The average Bonchev–Trinajstić information content (AvgIpc) is 2.54. The van der Waals surface area contributed by atoms with Crippen LogP contribution >= 0.6 is 0 Å². The van der Waals surface area contributed by atoms with Crippen molar-refractivity contribution in [3.05, 3.63) is 39.9 Å². The molecule has 0 spiro atoms. The van der Waals surface area contributed by atoms with Gasteiger partial charge in [-0.2, -0.15) is 0 Å². The molecule has 0 aliphatic heterocycles. The van der Waals surface area contributed by atoms with Crippen molar-refractivity contribution in [3.8, 4) is 0 Å². The third-order valence-corrected chi connectivity index (χ3v) is 4.57. The molecule has 1 saturated carbocycles. The Hall–Kier alpha value is -2.44. The Morgan fingerprint density at radius 3 is 2.52 bits per heavy atom. The molecule has 0 radical (unpaired) electrons. The standard InChI is InChI=1S/C16H20N2O5/c1-17(16(15(20)21)8-3-2-4-9-16)14(19)11-12-6-5-7-13(10-12)18(22)23/h5-7,10H,2-4,8-9,11H2,1H3,(H,20,21). The van der Waals surface area contributed by atoms with E-state index >= 15 is 0 Å². The highest BCUT2D eigenvalue weighted by atomic mass is 16.6. The van der Waals surface area contributed by atoms with Crippen molar-refractivity contribution in [3.63, 3.8) is 0 Å². The van der Waals surface area contributed by atoms with Crippen LogP contribution in [-0.4, -0.2) is 39.4 Å². The number of carbonyl (C=O) groups excluding carboxylic acids is 1. The quantitative estimate of drug-likeness (QED) is 0.663. The number of nitrogens with zero attached hydrogens (tertiary/aromatic N) is 2. The number of carboxylic acids is 1. The zero-order valence-electron chi connectivity index (χ0n) is 13.0. The van der Waals surface area contributed by atoms with Gasteiger partial charge >= 0.3 is 5.97 Å². The molecule has 0 atom stereocenters. The van der Waals surface area contributed by atoms with E-state index in [9.17, 15) is 24.8 Å². The smallest absolute Gasteiger partial charge is 0.329 e. The molecule has 1 N–H and O–H groups in total. The molecule has 1 aromatic rings. The molecular weight excluding hydrogens is 300 g/mol. The Kier molecular flexibility index (Phi) is 4.98. The molecule has 1 aliphatic carbocycles. The summed E-state index contributed by atoms with van der Waals surface area (Å²) in [6.07, 6.45) is 3.37. The Morgan fingerprint density at radius 1 is 1.30 bits per heavy atom. The minimum atomic E-state index is -1.16. The van der Waals surface area contributed by atoms with Crippen molar-refractivity contribution in [1.29, 1.82) is 0 Å². The second kappa shape index (κ2) is 6.76. The zero-order chi connectivity index (χ0) is 17.0. The maximum atomic E-state index is 12.5. The van der Waals surface area contributed by atoms with E-state index in [1.165, 1.54) is 30.1 Å². The maximum Gasteiger partial charge on any atom is 0.329 e. The summed E-state index contributed by atoms with van der Waals surface area (Å²) >= 11 is 0. The van der Waals surface area contributed by atoms with Gasteiger partial charge in [-0.25, -0.2) is 4.79 Å². The van der Waals surface area contributed by atoms with Crippen LogP contribution in [0.15, 0.2) is 24.3 Å². The fourth-order valence-corrected chi connectivity index (χ4v) is 3.14.